The smallest absolute Gasteiger partial charge is 0.321 e. The van der Waals surface area contributed by atoms with Gasteiger partial charge in [-0.05, 0) is 39.0 Å². The summed E-state index contributed by atoms with van der Waals surface area (Å²) in [6, 6.07) is 0.0679. The largest absolute Gasteiger partial charge is 0.378 e. The second-order valence-corrected chi connectivity index (χ2v) is 7.65. The number of carbonyl (C=O) groups is 1. The Morgan fingerprint density at radius 2 is 2.23 bits per heavy atom. The van der Waals surface area contributed by atoms with Crippen molar-refractivity contribution < 1.29 is 9.53 Å². The molecule has 3 saturated carbocycles. The maximum absolute atomic E-state index is 12.2. The summed E-state index contributed by atoms with van der Waals surface area (Å²) in [5.74, 6) is 0.577. The molecule has 0 radical (unpaired) electrons. The molecule has 22 heavy (non-hydrogen) atoms. The van der Waals surface area contributed by atoms with Gasteiger partial charge in [0.25, 0.3) is 0 Å². The molecule has 120 valence electrons. The van der Waals surface area contributed by atoms with Gasteiger partial charge >= 0.3 is 6.03 Å². The lowest BCUT2D eigenvalue weighted by Gasteiger charge is -2.60. The number of rotatable bonds is 5. The Bertz CT molecular complexity index is 568. The highest BCUT2D eigenvalue weighted by molar-refractivity contribution is 7.15. The maximum atomic E-state index is 12.2. The monoisotopic (exact) mass is 322 g/mol. The molecule has 1 aromatic rings. The zero-order chi connectivity index (χ0) is 15.2. The summed E-state index contributed by atoms with van der Waals surface area (Å²) in [6.07, 6.45) is 7.20. The lowest BCUT2D eigenvalue weighted by atomic mass is 9.51. The van der Waals surface area contributed by atoms with Crippen molar-refractivity contribution >= 4 is 22.5 Å². The van der Waals surface area contributed by atoms with E-state index < -0.39 is 0 Å². The molecule has 3 aliphatic carbocycles. The van der Waals surface area contributed by atoms with E-state index in [9.17, 15) is 4.79 Å². The first-order valence-corrected chi connectivity index (χ1v) is 9.05. The average molecular weight is 322 g/mol. The first-order chi connectivity index (χ1) is 10.7. The van der Waals surface area contributed by atoms with Gasteiger partial charge < -0.3 is 10.1 Å². The maximum Gasteiger partial charge on any atom is 0.321 e. The third-order valence-electron chi connectivity index (χ3n) is 5.33. The first kappa shape index (κ1) is 14.4. The molecule has 1 spiro atoms. The van der Waals surface area contributed by atoms with Crippen molar-refractivity contribution in [2.75, 3.05) is 11.9 Å². The molecule has 2 amide bonds. The standard InChI is InChI=1S/C15H22N4O2S/c1-2-21-11-8-10(15(11)6-3-7-15)16-13(20)17-14-19-18-12(22-14)9-4-5-9/h9-11H,2-8H2,1H3,(H2,16,17,19,20)/t10-,11-/m1/s1. The summed E-state index contributed by atoms with van der Waals surface area (Å²) in [6.45, 7) is 2.78. The van der Waals surface area contributed by atoms with E-state index in [1.807, 2.05) is 6.92 Å². The average Bonchev–Trinajstić information content (AvgIpc) is 3.17. The van der Waals surface area contributed by atoms with Crippen LogP contribution in [0.1, 0.15) is 56.4 Å². The molecule has 0 aromatic carbocycles. The van der Waals surface area contributed by atoms with Gasteiger partial charge in [-0.3, -0.25) is 5.32 Å². The number of amides is 2. The number of hydrogen-bond donors (Lipinski definition) is 2. The Balaban J connectivity index is 1.32. The van der Waals surface area contributed by atoms with Crippen molar-refractivity contribution in [2.24, 2.45) is 5.41 Å². The minimum Gasteiger partial charge on any atom is -0.378 e. The lowest BCUT2D eigenvalue weighted by molar-refractivity contribution is -0.169. The Kier molecular flexibility index (Phi) is 3.57. The summed E-state index contributed by atoms with van der Waals surface area (Å²) in [7, 11) is 0. The minimum atomic E-state index is -0.162. The number of anilines is 1. The summed E-state index contributed by atoms with van der Waals surface area (Å²) >= 11 is 1.49. The molecular formula is C15H22N4O2S. The van der Waals surface area contributed by atoms with Crippen molar-refractivity contribution in [3.8, 4) is 0 Å². The summed E-state index contributed by atoms with van der Waals surface area (Å²) in [4.78, 5) is 12.2. The van der Waals surface area contributed by atoms with Gasteiger partial charge in [0.15, 0.2) is 0 Å². The molecule has 2 N–H and O–H groups in total. The second kappa shape index (κ2) is 5.45. The zero-order valence-electron chi connectivity index (χ0n) is 12.8. The predicted octanol–water partition coefficient (Wildman–Crippen LogP) is 2.88. The van der Waals surface area contributed by atoms with Crippen LogP contribution in [-0.2, 0) is 4.74 Å². The molecule has 0 unspecified atom stereocenters. The van der Waals surface area contributed by atoms with E-state index in [-0.39, 0.29) is 17.5 Å². The number of nitrogens with zero attached hydrogens (tertiary/aromatic N) is 2. The van der Waals surface area contributed by atoms with Crippen molar-refractivity contribution in [3.05, 3.63) is 5.01 Å². The van der Waals surface area contributed by atoms with Gasteiger partial charge in [-0.1, -0.05) is 17.8 Å². The van der Waals surface area contributed by atoms with E-state index in [4.69, 9.17) is 4.74 Å². The Hall–Kier alpha value is -1.21. The molecular weight excluding hydrogens is 300 g/mol. The quantitative estimate of drug-likeness (QED) is 0.874. The molecule has 6 nitrogen and oxygen atoms in total. The lowest BCUT2D eigenvalue weighted by Crippen LogP contribution is -2.68. The summed E-state index contributed by atoms with van der Waals surface area (Å²) in [5, 5.41) is 15.8. The van der Waals surface area contributed by atoms with Crippen LogP contribution in [0.15, 0.2) is 0 Å². The van der Waals surface area contributed by atoms with E-state index >= 15 is 0 Å². The molecule has 0 aliphatic heterocycles. The predicted molar refractivity (Wildman–Crippen MR) is 84.1 cm³/mol. The van der Waals surface area contributed by atoms with Crippen molar-refractivity contribution in [1.29, 1.82) is 0 Å². The number of urea groups is 1. The SMILES string of the molecule is CCO[C@@H]1C[C@@H](NC(=O)Nc2nnc(C3CC3)s2)C12CCC2. The van der Waals surface area contributed by atoms with Crippen LogP contribution in [0.5, 0.6) is 0 Å². The third kappa shape index (κ3) is 2.40. The highest BCUT2D eigenvalue weighted by atomic mass is 32.1. The minimum absolute atomic E-state index is 0.162. The van der Waals surface area contributed by atoms with Gasteiger partial charge in [-0.25, -0.2) is 4.79 Å². The van der Waals surface area contributed by atoms with Gasteiger partial charge in [-0.15, -0.1) is 10.2 Å². The third-order valence-corrected chi connectivity index (χ3v) is 6.33. The van der Waals surface area contributed by atoms with Crippen LogP contribution >= 0.6 is 11.3 Å². The zero-order valence-corrected chi connectivity index (χ0v) is 13.6. The first-order valence-electron chi connectivity index (χ1n) is 8.24. The van der Waals surface area contributed by atoms with Gasteiger partial charge in [0.05, 0.1) is 6.10 Å². The topological polar surface area (TPSA) is 76.1 Å². The van der Waals surface area contributed by atoms with E-state index in [1.54, 1.807) is 0 Å². The molecule has 0 saturated heterocycles. The van der Waals surface area contributed by atoms with E-state index in [0.29, 0.717) is 17.2 Å². The number of carbonyl (C=O) groups excluding carboxylic acids is 1. The Morgan fingerprint density at radius 1 is 1.41 bits per heavy atom. The Labute approximate surface area is 134 Å². The Morgan fingerprint density at radius 3 is 2.86 bits per heavy atom. The summed E-state index contributed by atoms with van der Waals surface area (Å²) < 4.78 is 5.81. The molecule has 0 bridgehead atoms. The van der Waals surface area contributed by atoms with E-state index in [0.717, 1.165) is 30.9 Å². The van der Waals surface area contributed by atoms with E-state index in [2.05, 4.69) is 20.8 Å². The van der Waals surface area contributed by atoms with Crippen LogP contribution in [0.4, 0.5) is 9.93 Å². The van der Waals surface area contributed by atoms with Crippen LogP contribution in [0.25, 0.3) is 0 Å². The molecule has 2 atom stereocenters. The van der Waals surface area contributed by atoms with E-state index in [1.165, 1.54) is 30.6 Å². The van der Waals surface area contributed by atoms with Crippen LogP contribution < -0.4 is 10.6 Å². The van der Waals surface area contributed by atoms with Crippen molar-refractivity contribution in [3.63, 3.8) is 0 Å². The van der Waals surface area contributed by atoms with Crippen molar-refractivity contribution in [1.82, 2.24) is 15.5 Å². The number of ether oxygens (including phenoxy) is 1. The number of hydrogen-bond acceptors (Lipinski definition) is 5. The van der Waals surface area contributed by atoms with Crippen LogP contribution in [0.3, 0.4) is 0 Å². The van der Waals surface area contributed by atoms with Crippen LogP contribution in [-0.4, -0.2) is 35.0 Å². The molecule has 4 rings (SSSR count). The normalized spacial score (nSPS) is 28.8. The molecule has 3 fully saturated rings. The van der Waals surface area contributed by atoms with Gasteiger partial charge in [-0.2, -0.15) is 0 Å². The van der Waals surface area contributed by atoms with Gasteiger partial charge in [0, 0.05) is 24.0 Å². The second-order valence-electron chi connectivity index (χ2n) is 6.64. The highest BCUT2D eigenvalue weighted by Crippen LogP contribution is 2.57. The molecule has 1 aromatic heterocycles. The number of nitrogens with one attached hydrogen (secondary N) is 2. The van der Waals surface area contributed by atoms with Crippen LogP contribution in [0, 0.1) is 5.41 Å². The van der Waals surface area contributed by atoms with Crippen molar-refractivity contribution in [2.45, 2.75) is 63.5 Å². The number of aromatic nitrogens is 2. The fourth-order valence-electron chi connectivity index (χ4n) is 3.71. The highest BCUT2D eigenvalue weighted by Gasteiger charge is 2.59. The molecule has 3 aliphatic rings. The van der Waals surface area contributed by atoms with Gasteiger partial charge in [0.2, 0.25) is 5.13 Å². The summed E-state index contributed by atoms with van der Waals surface area (Å²) in [5.41, 5.74) is 0.188. The van der Waals surface area contributed by atoms with Gasteiger partial charge in [0.1, 0.15) is 5.01 Å². The molecule has 1 heterocycles. The fraction of sp³-hybridized carbons (Fsp3) is 0.800. The molecule has 7 heteroatoms. The van der Waals surface area contributed by atoms with Crippen LogP contribution in [0.2, 0.25) is 0 Å². The fourth-order valence-corrected chi connectivity index (χ4v) is 4.62.